The van der Waals surface area contributed by atoms with Gasteiger partial charge in [0.2, 0.25) is 5.91 Å². The number of hydrogen-bond donors (Lipinski definition) is 1. The molecule has 4 rings (SSSR count). The van der Waals surface area contributed by atoms with E-state index in [2.05, 4.69) is 4.98 Å². The van der Waals surface area contributed by atoms with Gasteiger partial charge in [0.15, 0.2) is 0 Å². The zero-order valence-electron chi connectivity index (χ0n) is 20.3. The third-order valence-electron chi connectivity index (χ3n) is 6.79. The van der Waals surface area contributed by atoms with Crippen molar-refractivity contribution >= 4 is 18.0 Å². The standard InChI is InChI=1S/C25H33N5O4/c1-17-26-15-20-16-28(23(32)29(17)20)19-10-12-27(13-11-19)22(31)21(14-18-8-6-5-7-9-18)30(24(33)34)25(2,3)4/h5-9,15,19,21H,10-14,16H2,1-4H3,(H,33,34)/t21-/m1/s1. The van der Waals surface area contributed by atoms with Gasteiger partial charge in [-0.3, -0.25) is 14.3 Å². The Bertz CT molecular complexity index is 1070. The number of imidazole rings is 1. The van der Waals surface area contributed by atoms with Crippen LogP contribution in [0.4, 0.5) is 9.59 Å². The number of piperidine rings is 1. The van der Waals surface area contributed by atoms with Gasteiger partial charge in [0.25, 0.3) is 0 Å². The highest BCUT2D eigenvalue weighted by atomic mass is 16.4. The molecule has 3 amide bonds. The number of amides is 3. The average Bonchev–Trinajstić information content (AvgIpc) is 3.32. The number of nitrogens with zero attached hydrogens (tertiary/aromatic N) is 5. The highest BCUT2D eigenvalue weighted by Gasteiger charge is 2.41. The molecule has 0 aliphatic carbocycles. The molecule has 9 heteroatoms. The molecule has 1 aromatic carbocycles. The second-order valence-corrected chi connectivity index (χ2v) is 10.1. The van der Waals surface area contributed by atoms with E-state index in [1.165, 1.54) is 4.90 Å². The van der Waals surface area contributed by atoms with Gasteiger partial charge >= 0.3 is 12.1 Å². The first-order chi connectivity index (χ1) is 16.1. The predicted octanol–water partition coefficient (Wildman–Crippen LogP) is 3.36. The van der Waals surface area contributed by atoms with Crippen LogP contribution < -0.4 is 0 Å². The Labute approximate surface area is 200 Å². The number of likely N-dealkylation sites (tertiary alicyclic amines) is 1. The van der Waals surface area contributed by atoms with E-state index in [0.29, 0.717) is 44.7 Å². The summed E-state index contributed by atoms with van der Waals surface area (Å²) in [6.07, 6.45) is 2.28. The van der Waals surface area contributed by atoms with Crippen LogP contribution in [0, 0.1) is 6.92 Å². The molecule has 0 spiro atoms. The summed E-state index contributed by atoms with van der Waals surface area (Å²) in [5.41, 5.74) is 1.08. The third kappa shape index (κ3) is 4.51. The van der Waals surface area contributed by atoms with Crippen LogP contribution in [0.1, 0.15) is 50.7 Å². The van der Waals surface area contributed by atoms with E-state index in [9.17, 15) is 19.5 Å². The minimum absolute atomic E-state index is 0.0432. The van der Waals surface area contributed by atoms with Crippen LogP contribution in [-0.2, 0) is 17.8 Å². The van der Waals surface area contributed by atoms with Crippen LogP contribution in [0.5, 0.6) is 0 Å². The Balaban J connectivity index is 1.48. The Morgan fingerprint density at radius 2 is 1.82 bits per heavy atom. The van der Waals surface area contributed by atoms with Gasteiger partial charge in [0, 0.05) is 31.1 Å². The first kappa shape index (κ1) is 23.8. The van der Waals surface area contributed by atoms with E-state index in [1.54, 1.807) is 15.7 Å². The van der Waals surface area contributed by atoms with E-state index in [1.807, 2.05) is 62.9 Å². The Hall–Kier alpha value is -3.36. The molecule has 34 heavy (non-hydrogen) atoms. The molecule has 1 atom stereocenters. The summed E-state index contributed by atoms with van der Waals surface area (Å²) < 4.78 is 1.65. The summed E-state index contributed by atoms with van der Waals surface area (Å²) in [5.74, 6) is 0.508. The van der Waals surface area contributed by atoms with Crippen LogP contribution in [0.3, 0.4) is 0 Å². The van der Waals surface area contributed by atoms with Gasteiger partial charge in [-0.25, -0.2) is 14.6 Å². The zero-order chi connectivity index (χ0) is 24.6. The minimum Gasteiger partial charge on any atom is -0.465 e. The summed E-state index contributed by atoms with van der Waals surface area (Å²) in [5, 5.41) is 10.0. The number of aryl methyl sites for hydroxylation is 1. The van der Waals surface area contributed by atoms with Crippen LogP contribution in [-0.4, -0.2) is 78.1 Å². The molecule has 1 aromatic heterocycles. The highest BCUT2D eigenvalue weighted by molar-refractivity contribution is 5.86. The van der Waals surface area contributed by atoms with Gasteiger partial charge in [-0.05, 0) is 46.1 Å². The van der Waals surface area contributed by atoms with Crippen LogP contribution >= 0.6 is 0 Å². The number of carboxylic acid groups (broad SMARTS) is 1. The van der Waals surface area contributed by atoms with Crippen molar-refractivity contribution < 1.29 is 19.5 Å². The molecule has 2 aliphatic rings. The van der Waals surface area contributed by atoms with Gasteiger partial charge in [-0.2, -0.15) is 0 Å². The molecule has 9 nitrogen and oxygen atoms in total. The van der Waals surface area contributed by atoms with Crippen LogP contribution in [0.25, 0.3) is 0 Å². The van der Waals surface area contributed by atoms with Gasteiger partial charge in [-0.1, -0.05) is 30.3 Å². The van der Waals surface area contributed by atoms with Gasteiger partial charge in [0.05, 0.1) is 18.4 Å². The lowest BCUT2D eigenvalue weighted by Gasteiger charge is -2.43. The number of benzene rings is 1. The van der Waals surface area contributed by atoms with Crippen LogP contribution in [0.15, 0.2) is 36.5 Å². The van der Waals surface area contributed by atoms with Crippen molar-refractivity contribution in [3.63, 3.8) is 0 Å². The van der Waals surface area contributed by atoms with E-state index in [-0.39, 0.29) is 18.0 Å². The summed E-state index contributed by atoms with van der Waals surface area (Å²) in [6.45, 7) is 8.76. The van der Waals surface area contributed by atoms with Crippen molar-refractivity contribution in [2.45, 2.75) is 71.1 Å². The SMILES string of the molecule is Cc1ncc2n1C(=O)N(C1CCN(C(=O)[C@@H](Cc3ccccc3)N(C(=O)O)C(C)(C)C)CC1)C2. The maximum absolute atomic E-state index is 13.7. The topological polar surface area (TPSA) is 99.0 Å². The highest BCUT2D eigenvalue weighted by Crippen LogP contribution is 2.28. The molecule has 2 aliphatic heterocycles. The summed E-state index contributed by atoms with van der Waals surface area (Å²) in [7, 11) is 0. The van der Waals surface area contributed by atoms with Gasteiger partial charge < -0.3 is 14.9 Å². The number of fused-ring (bicyclic) bond motifs is 1. The largest absolute Gasteiger partial charge is 0.465 e. The lowest BCUT2D eigenvalue weighted by molar-refractivity contribution is -0.139. The first-order valence-electron chi connectivity index (χ1n) is 11.8. The number of rotatable bonds is 5. The minimum atomic E-state index is -1.11. The number of hydrogen-bond acceptors (Lipinski definition) is 4. The van der Waals surface area contributed by atoms with Crippen molar-refractivity contribution in [2.24, 2.45) is 0 Å². The number of aromatic nitrogens is 2. The zero-order valence-corrected chi connectivity index (χ0v) is 20.3. The number of carbonyl (C=O) groups is 3. The van der Waals surface area contributed by atoms with Crippen molar-refractivity contribution in [3.8, 4) is 0 Å². The van der Waals surface area contributed by atoms with E-state index in [0.717, 1.165) is 11.3 Å². The summed E-state index contributed by atoms with van der Waals surface area (Å²) in [4.78, 5) is 47.9. The monoisotopic (exact) mass is 467 g/mol. The molecule has 3 heterocycles. The quantitative estimate of drug-likeness (QED) is 0.727. The van der Waals surface area contributed by atoms with Crippen molar-refractivity contribution in [1.29, 1.82) is 0 Å². The fourth-order valence-electron chi connectivity index (χ4n) is 5.14. The average molecular weight is 468 g/mol. The fraction of sp³-hybridized carbons (Fsp3) is 0.520. The third-order valence-corrected chi connectivity index (χ3v) is 6.79. The molecule has 1 saturated heterocycles. The van der Waals surface area contributed by atoms with Crippen molar-refractivity contribution in [2.75, 3.05) is 13.1 Å². The van der Waals surface area contributed by atoms with Gasteiger partial charge in [-0.15, -0.1) is 0 Å². The molecule has 0 radical (unpaired) electrons. The van der Waals surface area contributed by atoms with Crippen molar-refractivity contribution in [1.82, 2.24) is 24.3 Å². The number of carbonyl (C=O) groups excluding carboxylic acids is 2. The molecule has 1 fully saturated rings. The van der Waals surface area contributed by atoms with E-state index < -0.39 is 17.7 Å². The molecular weight excluding hydrogens is 434 g/mol. The van der Waals surface area contributed by atoms with Crippen molar-refractivity contribution in [3.05, 3.63) is 53.6 Å². The Morgan fingerprint density at radius 3 is 2.38 bits per heavy atom. The summed E-state index contributed by atoms with van der Waals surface area (Å²) in [6, 6.07) is 8.69. The normalized spacial score (nSPS) is 17.6. The molecule has 1 N–H and O–H groups in total. The maximum Gasteiger partial charge on any atom is 0.408 e. The van der Waals surface area contributed by atoms with E-state index >= 15 is 0 Å². The Kier molecular flexibility index (Phi) is 6.38. The lowest BCUT2D eigenvalue weighted by Crippen LogP contribution is -2.59. The Morgan fingerprint density at radius 1 is 1.18 bits per heavy atom. The molecule has 0 bridgehead atoms. The second kappa shape index (κ2) is 9.12. The molecular formula is C25H33N5O4. The van der Waals surface area contributed by atoms with Crippen LogP contribution in [0.2, 0.25) is 0 Å². The summed E-state index contributed by atoms with van der Waals surface area (Å²) >= 11 is 0. The molecule has 0 unspecified atom stereocenters. The molecule has 2 aromatic rings. The molecule has 0 saturated carbocycles. The fourth-order valence-corrected chi connectivity index (χ4v) is 5.14. The first-order valence-corrected chi connectivity index (χ1v) is 11.8. The van der Waals surface area contributed by atoms with Gasteiger partial charge in [0.1, 0.15) is 11.9 Å². The molecule has 182 valence electrons. The second-order valence-electron chi connectivity index (χ2n) is 10.1. The smallest absolute Gasteiger partial charge is 0.408 e. The van der Waals surface area contributed by atoms with E-state index in [4.69, 9.17) is 0 Å². The predicted molar refractivity (Wildman–Crippen MR) is 126 cm³/mol. The lowest BCUT2D eigenvalue weighted by atomic mass is 9.96. The maximum atomic E-state index is 13.7.